The molecule has 210 valence electrons. The normalized spacial score (nSPS) is 20.3. The summed E-state index contributed by atoms with van der Waals surface area (Å²) in [6.45, 7) is 5.08. The lowest BCUT2D eigenvalue weighted by Gasteiger charge is -2.32. The molecule has 39 heavy (non-hydrogen) atoms. The Hall–Kier alpha value is -3.71. The van der Waals surface area contributed by atoms with Crippen LogP contribution in [0.4, 0.5) is 13.2 Å². The van der Waals surface area contributed by atoms with Gasteiger partial charge in [0.25, 0.3) is 5.91 Å². The number of pyridine rings is 1. The van der Waals surface area contributed by atoms with Crippen molar-refractivity contribution in [1.29, 1.82) is 0 Å². The van der Waals surface area contributed by atoms with Gasteiger partial charge in [0.1, 0.15) is 22.5 Å². The molecule has 10 nitrogen and oxygen atoms in total. The Morgan fingerprint density at radius 1 is 1.23 bits per heavy atom. The van der Waals surface area contributed by atoms with E-state index in [0.717, 1.165) is 6.07 Å². The largest absolute Gasteiger partial charge is 0.494 e. The van der Waals surface area contributed by atoms with Gasteiger partial charge in [-0.25, -0.2) is 14.8 Å². The summed E-state index contributed by atoms with van der Waals surface area (Å²) in [5.41, 5.74) is 3.79. The highest BCUT2D eigenvalue weighted by atomic mass is 19.4. The number of amides is 1. The molecule has 3 heterocycles. The van der Waals surface area contributed by atoms with E-state index in [1.54, 1.807) is 26.8 Å². The number of alkyl halides is 3. The van der Waals surface area contributed by atoms with Crippen LogP contribution < -0.4 is 10.5 Å². The quantitative estimate of drug-likeness (QED) is 0.432. The molecule has 0 saturated carbocycles. The minimum absolute atomic E-state index is 0.0471. The molecule has 1 unspecified atom stereocenters. The molecule has 1 aliphatic heterocycles. The maximum absolute atomic E-state index is 13.8. The summed E-state index contributed by atoms with van der Waals surface area (Å²) >= 11 is 0. The van der Waals surface area contributed by atoms with Crippen molar-refractivity contribution in [2.75, 3.05) is 27.4 Å². The minimum Gasteiger partial charge on any atom is -0.494 e. The van der Waals surface area contributed by atoms with Crippen LogP contribution in [-0.2, 0) is 20.4 Å². The van der Waals surface area contributed by atoms with Gasteiger partial charge in [-0.1, -0.05) is 0 Å². The smallest absolute Gasteiger partial charge is 0.433 e. The van der Waals surface area contributed by atoms with Crippen LogP contribution in [0, 0.1) is 0 Å². The number of likely N-dealkylation sites (tertiary alicyclic amines) is 1. The van der Waals surface area contributed by atoms with Gasteiger partial charge in [-0.2, -0.15) is 13.2 Å². The second kappa shape index (κ2) is 10.5. The summed E-state index contributed by atoms with van der Waals surface area (Å²) in [6, 6.07) is 4.28. The van der Waals surface area contributed by atoms with Crippen LogP contribution in [0.25, 0.3) is 22.4 Å². The number of fused-ring (bicyclic) bond motifs is 1. The molecule has 3 aromatic rings. The summed E-state index contributed by atoms with van der Waals surface area (Å²) in [4.78, 5) is 36.2. The minimum atomic E-state index is -4.67. The lowest BCUT2D eigenvalue weighted by Crippen LogP contribution is -2.52. The number of nitrogens with two attached hydrogens (primary N) is 1. The number of ether oxygens (including phenoxy) is 3. The maximum Gasteiger partial charge on any atom is 0.433 e. The Morgan fingerprint density at radius 3 is 2.54 bits per heavy atom. The molecule has 4 rings (SSSR count). The summed E-state index contributed by atoms with van der Waals surface area (Å²) in [5, 5.41) is 0.260. The van der Waals surface area contributed by atoms with E-state index in [0.29, 0.717) is 0 Å². The average molecular weight is 551 g/mol. The number of oxazole rings is 1. The van der Waals surface area contributed by atoms with E-state index in [4.69, 9.17) is 24.4 Å². The molecule has 13 heteroatoms. The van der Waals surface area contributed by atoms with E-state index in [1.807, 2.05) is 0 Å². The fraction of sp³-hybridized carbons (Fsp3) is 0.462. The van der Waals surface area contributed by atoms with Gasteiger partial charge in [-0.15, -0.1) is 0 Å². The number of halogens is 3. The Bertz CT molecular complexity index is 1410. The fourth-order valence-corrected chi connectivity index (χ4v) is 4.71. The van der Waals surface area contributed by atoms with Gasteiger partial charge in [-0.3, -0.25) is 4.79 Å². The molecule has 0 spiro atoms. The summed E-state index contributed by atoms with van der Waals surface area (Å²) in [7, 11) is 2.80. The summed E-state index contributed by atoms with van der Waals surface area (Å²) in [5.74, 6) is -1.10. The molecular formula is C26H29F3N4O6. The van der Waals surface area contributed by atoms with E-state index in [-0.39, 0.29) is 59.1 Å². The van der Waals surface area contributed by atoms with E-state index in [2.05, 4.69) is 9.97 Å². The number of hydrogen-bond donors (Lipinski definition) is 1. The van der Waals surface area contributed by atoms with Gasteiger partial charge >= 0.3 is 12.1 Å². The number of methoxy groups -OCH3 is 2. The molecule has 2 aromatic heterocycles. The first-order chi connectivity index (χ1) is 18.3. The molecule has 0 aliphatic carbocycles. The van der Waals surface area contributed by atoms with Crippen LogP contribution >= 0.6 is 0 Å². The van der Waals surface area contributed by atoms with E-state index >= 15 is 0 Å². The molecule has 2 N–H and O–H groups in total. The number of benzene rings is 1. The van der Waals surface area contributed by atoms with Gasteiger partial charge in [0.15, 0.2) is 11.5 Å². The molecule has 1 fully saturated rings. The van der Waals surface area contributed by atoms with Crippen molar-refractivity contribution >= 4 is 22.8 Å². The molecule has 3 atom stereocenters. The third-order valence-corrected chi connectivity index (χ3v) is 6.73. The first-order valence-corrected chi connectivity index (χ1v) is 12.2. The number of hydrogen-bond acceptors (Lipinski definition) is 9. The topological polar surface area (TPSA) is 130 Å². The van der Waals surface area contributed by atoms with Crippen molar-refractivity contribution in [2.45, 2.75) is 51.1 Å². The zero-order chi connectivity index (χ0) is 28.7. The van der Waals surface area contributed by atoms with Crippen molar-refractivity contribution in [1.82, 2.24) is 14.9 Å². The predicted molar refractivity (Wildman–Crippen MR) is 133 cm³/mol. The molecule has 1 saturated heterocycles. The maximum atomic E-state index is 13.8. The lowest BCUT2D eigenvalue weighted by atomic mass is 9.97. The Morgan fingerprint density at radius 2 is 1.95 bits per heavy atom. The van der Waals surface area contributed by atoms with Crippen LogP contribution in [-0.4, -0.2) is 65.8 Å². The van der Waals surface area contributed by atoms with Crippen molar-refractivity contribution in [3.63, 3.8) is 0 Å². The zero-order valence-electron chi connectivity index (χ0n) is 22.1. The van der Waals surface area contributed by atoms with Gasteiger partial charge in [-0.05, 0) is 45.0 Å². The standard InChI is InChI=1S/C26H29F3N4O6/c1-6-38-24(35)25(3)11-14(36-4)12-33(25)23(34)20-21(13(2)30)39-22(32-20)16-7-9-17(37-5)19-15(16)8-10-18(31-19)26(27,28)29/h7-10,13-14H,6,11-12,30H2,1-5H3/t13-,14+,25?/m0/s1. The van der Waals surface area contributed by atoms with Crippen LogP contribution in [0.15, 0.2) is 28.7 Å². The first kappa shape index (κ1) is 28.3. The zero-order valence-corrected chi connectivity index (χ0v) is 22.1. The number of carbonyl (C=O) groups excluding carboxylic acids is 2. The van der Waals surface area contributed by atoms with Crippen molar-refractivity contribution in [3.05, 3.63) is 41.4 Å². The Kier molecular flexibility index (Phi) is 7.59. The van der Waals surface area contributed by atoms with E-state index in [1.165, 1.54) is 31.3 Å². The van der Waals surface area contributed by atoms with Crippen molar-refractivity contribution in [2.24, 2.45) is 5.73 Å². The number of carbonyl (C=O) groups is 2. The van der Waals surface area contributed by atoms with Gasteiger partial charge in [0.05, 0.1) is 25.9 Å². The highest BCUT2D eigenvalue weighted by Gasteiger charge is 2.52. The molecule has 1 amide bonds. The molecule has 1 aliphatic rings. The Labute approximate surface area is 222 Å². The number of esters is 1. The highest BCUT2D eigenvalue weighted by molar-refractivity contribution is 6.00. The SMILES string of the molecule is CCOC(=O)C1(C)C[C@@H](OC)CN1C(=O)c1nc(-c2ccc(OC)c3nc(C(F)(F)F)ccc23)oc1[C@H](C)N. The fourth-order valence-electron chi connectivity index (χ4n) is 4.71. The molecule has 0 radical (unpaired) electrons. The summed E-state index contributed by atoms with van der Waals surface area (Å²) < 4.78 is 61.9. The van der Waals surface area contributed by atoms with Crippen LogP contribution in [0.1, 0.15) is 55.2 Å². The predicted octanol–water partition coefficient (Wildman–Crippen LogP) is 4.12. The van der Waals surface area contributed by atoms with Gasteiger partial charge < -0.3 is 29.3 Å². The second-order valence-electron chi connectivity index (χ2n) is 9.40. The van der Waals surface area contributed by atoms with Crippen molar-refractivity contribution < 1.29 is 41.4 Å². The Balaban J connectivity index is 1.84. The highest BCUT2D eigenvalue weighted by Crippen LogP contribution is 2.39. The number of aromatic nitrogens is 2. The third-order valence-electron chi connectivity index (χ3n) is 6.73. The van der Waals surface area contributed by atoms with Crippen LogP contribution in [0.2, 0.25) is 0 Å². The van der Waals surface area contributed by atoms with Gasteiger partial charge in [0, 0.05) is 31.0 Å². The first-order valence-electron chi connectivity index (χ1n) is 12.2. The van der Waals surface area contributed by atoms with Crippen LogP contribution in [0.3, 0.4) is 0 Å². The molecular weight excluding hydrogens is 521 g/mol. The lowest BCUT2D eigenvalue weighted by molar-refractivity contribution is -0.153. The number of nitrogens with zero attached hydrogens (tertiary/aromatic N) is 3. The summed E-state index contributed by atoms with van der Waals surface area (Å²) in [6.07, 6.45) is -4.88. The molecule has 1 aromatic carbocycles. The van der Waals surface area contributed by atoms with E-state index in [9.17, 15) is 22.8 Å². The van der Waals surface area contributed by atoms with Crippen LogP contribution in [0.5, 0.6) is 5.75 Å². The van der Waals surface area contributed by atoms with Gasteiger partial charge in [0.2, 0.25) is 5.89 Å². The van der Waals surface area contributed by atoms with Crippen molar-refractivity contribution in [3.8, 4) is 17.2 Å². The second-order valence-corrected chi connectivity index (χ2v) is 9.40. The van der Waals surface area contributed by atoms with E-state index < -0.39 is 41.4 Å². The number of rotatable bonds is 7. The molecule has 0 bridgehead atoms. The monoisotopic (exact) mass is 550 g/mol. The average Bonchev–Trinajstić information content (AvgIpc) is 3.49. The third kappa shape index (κ3) is 5.03.